The van der Waals surface area contributed by atoms with E-state index < -0.39 is 0 Å². The van der Waals surface area contributed by atoms with E-state index in [1.165, 1.54) is 6.07 Å². The molecular formula is C15H25FN2O. The fraction of sp³-hybridized carbons (Fsp3) is 0.600. The van der Waals surface area contributed by atoms with Gasteiger partial charge in [0.2, 0.25) is 0 Å². The molecule has 0 aromatic heterocycles. The summed E-state index contributed by atoms with van der Waals surface area (Å²) in [4.78, 5) is 2.20. The second-order valence-electron chi connectivity index (χ2n) is 5.10. The lowest BCUT2D eigenvalue weighted by molar-refractivity contribution is 0.204. The number of ether oxygens (including phenoxy) is 1. The lowest BCUT2D eigenvalue weighted by Crippen LogP contribution is -2.32. The minimum atomic E-state index is -0.155. The van der Waals surface area contributed by atoms with Crippen LogP contribution < -0.4 is 10.2 Å². The first-order chi connectivity index (χ1) is 9.10. The molecule has 0 aliphatic carbocycles. The van der Waals surface area contributed by atoms with Crippen LogP contribution in [-0.2, 0) is 11.3 Å². The van der Waals surface area contributed by atoms with E-state index in [0.717, 1.165) is 24.3 Å². The van der Waals surface area contributed by atoms with Gasteiger partial charge in [0.05, 0.1) is 6.61 Å². The first-order valence-corrected chi connectivity index (χ1v) is 6.76. The maximum absolute atomic E-state index is 14.0. The van der Waals surface area contributed by atoms with Gasteiger partial charge >= 0.3 is 0 Å². The Labute approximate surface area is 115 Å². The Balaban J connectivity index is 3.02. The van der Waals surface area contributed by atoms with Crippen LogP contribution in [0.5, 0.6) is 0 Å². The van der Waals surface area contributed by atoms with E-state index in [1.807, 2.05) is 13.1 Å². The summed E-state index contributed by atoms with van der Waals surface area (Å²) in [6.07, 6.45) is 0. The summed E-state index contributed by atoms with van der Waals surface area (Å²) in [5.74, 6) is 0.362. The van der Waals surface area contributed by atoms with Crippen molar-refractivity contribution in [2.45, 2.75) is 20.4 Å². The molecule has 108 valence electrons. The first-order valence-electron chi connectivity index (χ1n) is 6.76. The van der Waals surface area contributed by atoms with Gasteiger partial charge in [0.1, 0.15) is 5.82 Å². The molecule has 0 spiro atoms. The Kier molecular flexibility index (Phi) is 6.81. The standard InChI is InChI=1S/C15H25FN2O/c1-12(2)11-18(8-9-19-4)15-7-5-6-14(16)13(15)10-17-3/h5-7,12,17H,8-11H2,1-4H3. The van der Waals surface area contributed by atoms with Gasteiger partial charge < -0.3 is 15.0 Å². The zero-order valence-corrected chi connectivity index (χ0v) is 12.4. The molecule has 0 aliphatic heterocycles. The maximum Gasteiger partial charge on any atom is 0.129 e. The molecule has 0 radical (unpaired) electrons. The van der Waals surface area contributed by atoms with Crippen LogP contribution in [0.4, 0.5) is 10.1 Å². The van der Waals surface area contributed by atoms with Crippen LogP contribution in [0.25, 0.3) is 0 Å². The number of nitrogens with zero attached hydrogens (tertiary/aromatic N) is 1. The molecule has 3 nitrogen and oxygen atoms in total. The van der Waals surface area contributed by atoms with Gasteiger partial charge in [0.15, 0.2) is 0 Å². The molecule has 19 heavy (non-hydrogen) atoms. The molecule has 0 amide bonds. The molecule has 0 saturated carbocycles. The molecule has 1 aromatic carbocycles. The van der Waals surface area contributed by atoms with Gasteiger partial charge in [-0.25, -0.2) is 4.39 Å². The van der Waals surface area contributed by atoms with Gasteiger partial charge in [-0.05, 0) is 25.1 Å². The van der Waals surface area contributed by atoms with E-state index in [0.29, 0.717) is 19.1 Å². The first kappa shape index (κ1) is 15.9. The summed E-state index contributed by atoms with van der Waals surface area (Å²) in [7, 11) is 3.52. The van der Waals surface area contributed by atoms with Gasteiger partial charge in [-0.3, -0.25) is 0 Å². The van der Waals surface area contributed by atoms with Crippen molar-refractivity contribution < 1.29 is 9.13 Å². The predicted octanol–water partition coefficient (Wildman–Crippen LogP) is 2.65. The third-order valence-electron chi connectivity index (χ3n) is 2.94. The van der Waals surface area contributed by atoms with Gasteiger partial charge in [-0.1, -0.05) is 19.9 Å². The number of hydrogen-bond donors (Lipinski definition) is 1. The Hall–Kier alpha value is -1.13. The molecule has 1 aromatic rings. The lowest BCUT2D eigenvalue weighted by Gasteiger charge is -2.28. The summed E-state index contributed by atoms with van der Waals surface area (Å²) in [6, 6.07) is 5.26. The molecule has 0 saturated heterocycles. The summed E-state index contributed by atoms with van der Waals surface area (Å²) >= 11 is 0. The number of benzene rings is 1. The number of halogens is 1. The normalized spacial score (nSPS) is 11.1. The average molecular weight is 268 g/mol. The Morgan fingerprint density at radius 3 is 2.68 bits per heavy atom. The van der Waals surface area contributed by atoms with Crippen molar-refractivity contribution >= 4 is 5.69 Å². The van der Waals surface area contributed by atoms with Gasteiger partial charge in [-0.15, -0.1) is 0 Å². The molecular weight excluding hydrogens is 243 g/mol. The smallest absolute Gasteiger partial charge is 0.129 e. The number of nitrogens with one attached hydrogen (secondary N) is 1. The number of rotatable bonds is 8. The van der Waals surface area contributed by atoms with Crippen molar-refractivity contribution in [1.29, 1.82) is 0 Å². The molecule has 0 bridgehead atoms. The van der Waals surface area contributed by atoms with Crippen molar-refractivity contribution in [1.82, 2.24) is 5.32 Å². The fourth-order valence-corrected chi connectivity index (χ4v) is 2.15. The Bertz CT molecular complexity index is 382. The van der Waals surface area contributed by atoms with E-state index in [2.05, 4.69) is 24.1 Å². The van der Waals surface area contributed by atoms with E-state index in [4.69, 9.17) is 4.74 Å². The van der Waals surface area contributed by atoms with Crippen LogP contribution >= 0.6 is 0 Å². The van der Waals surface area contributed by atoms with Crippen LogP contribution in [0, 0.1) is 11.7 Å². The highest BCUT2D eigenvalue weighted by atomic mass is 19.1. The fourth-order valence-electron chi connectivity index (χ4n) is 2.15. The van der Waals surface area contributed by atoms with Crippen LogP contribution in [0.1, 0.15) is 19.4 Å². The van der Waals surface area contributed by atoms with Crippen molar-refractivity contribution in [3.05, 3.63) is 29.6 Å². The predicted molar refractivity (Wildman–Crippen MR) is 78.1 cm³/mol. The second-order valence-corrected chi connectivity index (χ2v) is 5.10. The summed E-state index contributed by atoms with van der Waals surface area (Å²) < 4.78 is 19.1. The summed E-state index contributed by atoms with van der Waals surface area (Å²) in [5.41, 5.74) is 1.68. The molecule has 4 heteroatoms. The van der Waals surface area contributed by atoms with E-state index >= 15 is 0 Å². The van der Waals surface area contributed by atoms with E-state index in [-0.39, 0.29) is 5.82 Å². The lowest BCUT2D eigenvalue weighted by atomic mass is 10.1. The highest BCUT2D eigenvalue weighted by Crippen LogP contribution is 2.24. The van der Waals surface area contributed by atoms with Crippen LogP contribution in [-0.4, -0.2) is 33.9 Å². The number of hydrogen-bond acceptors (Lipinski definition) is 3. The molecule has 0 atom stereocenters. The van der Waals surface area contributed by atoms with Crippen LogP contribution in [0.15, 0.2) is 18.2 Å². The van der Waals surface area contributed by atoms with Crippen LogP contribution in [0.2, 0.25) is 0 Å². The Morgan fingerprint density at radius 1 is 1.37 bits per heavy atom. The van der Waals surface area contributed by atoms with Crippen molar-refractivity contribution in [2.75, 3.05) is 38.8 Å². The summed E-state index contributed by atoms with van der Waals surface area (Å²) in [6.45, 7) is 7.16. The minimum Gasteiger partial charge on any atom is -0.383 e. The molecule has 1 N–H and O–H groups in total. The SMILES string of the molecule is CNCc1c(F)cccc1N(CCOC)CC(C)C. The van der Waals surface area contributed by atoms with E-state index in [9.17, 15) is 4.39 Å². The molecule has 0 fully saturated rings. The monoisotopic (exact) mass is 268 g/mol. The minimum absolute atomic E-state index is 0.155. The zero-order valence-electron chi connectivity index (χ0n) is 12.4. The van der Waals surface area contributed by atoms with Gasteiger partial charge in [0.25, 0.3) is 0 Å². The van der Waals surface area contributed by atoms with Crippen molar-refractivity contribution in [3.8, 4) is 0 Å². The zero-order chi connectivity index (χ0) is 14.3. The van der Waals surface area contributed by atoms with Crippen molar-refractivity contribution in [3.63, 3.8) is 0 Å². The number of anilines is 1. The third kappa shape index (κ3) is 4.80. The summed E-state index contributed by atoms with van der Waals surface area (Å²) in [5, 5.41) is 3.03. The topological polar surface area (TPSA) is 24.5 Å². The third-order valence-corrected chi connectivity index (χ3v) is 2.94. The molecule has 0 unspecified atom stereocenters. The molecule has 0 aliphatic rings. The van der Waals surface area contributed by atoms with Crippen LogP contribution in [0.3, 0.4) is 0 Å². The largest absolute Gasteiger partial charge is 0.383 e. The number of methoxy groups -OCH3 is 1. The van der Waals surface area contributed by atoms with Gasteiger partial charge in [0, 0.05) is 38.0 Å². The Morgan fingerprint density at radius 2 is 2.11 bits per heavy atom. The second kappa shape index (κ2) is 8.12. The molecule has 1 rings (SSSR count). The highest BCUT2D eigenvalue weighted by Gasteiger charge is 2.15. The average Bonchev–Trinajstić information content (AvgIpc) is 2.37. The highest BCUT2D eigenvalue weighted by molar-refractivity contribution is 5.54. The quantitative estimate of drug-likeness (QED) is 0.784. The van der Waals surface area contributed by atoms with E-state index in [1.54, 1.807) is 13.2 Å². The van der Waals surface area contributed by atoms with Crippen molar-refractivity contribution in [2.24, 2.45) is 5.92 Å². The van der Waals surface area contributed by atoms with Gasteiger partial charge in [-0.2, -0.15) is 0 Å². The molecule has 0 heterocycles. The maximum atomic E-state index is 14.0.